The summed E-state index contributed by atoms with van der Waals surface area (Å²) in [6.45, 7) is 17.6. The number of esters is 6. The van der Waals surface area contributed by atoms with Crippen LogP contribution in [0.2, 0.25) is 0 Å². The number of unbranched alkanes of at least 4 members (excludes halogenated alkanes) is 1. The maximum absolute atomic E-state index is 12.9. The van der Waals surface area contributed by atoms with Gasteiger partial charge in [0.15, 0.2) is 0 Å². The molecule has 12 nitrogen and oxygen atoms in total. The van der Waals surface area contributed by atoms with Crippen molar-refractivity contribution in [2.75, 3.05) is 19.8 Å². The van der Waals surface area contributed by atoms with Gasteiger partial charge in [-0.25, -0.2) is 9.59 Å². The summed E-state index contributed by atoms with van der Waals surface area (Å²) < 4.78 is 32.8. The van der Waals surface area contributed by atoms with E-state index in [2.05, 4.69) is 0 Å². The molecule has 0 bridgehead atoms. The fourth-order valence-electron chi connectivity index (χ4n) is 4.84. The third kappa shape index (κ3) is 14.9. The smallest absolute Gasteiger partial charge is 0.338 e. The fraction of sp³-hybridized carbons (Fsp3) is 0.684. The summed E-state index contributed by atoms with van der Waals surface area (Å²) in [7, 11) is 0. The van der Waals surface area contributed by atoms with E-state index in [9.17, 15) is 28.8 Å². The highest BCUT2D eigenvalue weighted by atomic mass is 16.6. The minimum atomic E-state index is -0.985. The van der Waals surface area contributed by atoms with Gasteiger partial charge in [0.05, 0.1) is 24.3 Å². The van der Waals surface area contributed by atoms with E-state index >= 15 is 0 Å². The predicted octanol–water partition coefficient (Wildman–Crippen LogP) is 7.09. The summed E-state index contributed by atoms with van der Waals surface area (Å²) in [4.78, 5) is 73.0. The van der Waals surface area contributed by atoms with Crippen molar-refractivity contribution in [3.8, 4) is 0 Å². The molecule has 0 aromatic heterocycles. The highest BCUT2D eigenvalue weighted by molar-refractivity contribution is 5.93. The van der Waals surface area contributed by atoms with E-state index in [1.807, 2.05) is 27.7 Å². The van der Waals surface area contributed by atoms with E-state index in [-0.39, 0.29) is 55.7 Å². The van der Waals surface area contributed by atoms with Crippen LogP contribution in [-0.2, 0) is 47.6 Å². The molecule has 0 saturated heterocycles. The molecule has 3 unspecified atom stereocenters. The molecule has 1 aromatic carbocycles. The second-order valence-corrected chi connectivity index (χ2v) is 13.9. The second-order valence-electron chi connectivity index (χ2n) is 13.9. The predicted molar refractivity (Wildman–Crippen MR) is 185 cm³/mol. The first-order valence-corrected chi connectivity index (χ1v) is 17.4. The summed E-state index contributed by atoms with van der Waals surface area (Å²) >= 11 is 0. The lowest BCUT2D eigenvalue weighted by Crippen LogP contribution is -2.48. The monoisotopic (exact) mass is 706 g/mol. The Bertz CT molecular complexity index is 1300. The van der Waals surface area contributed by atoms with Gasteiger partial charge < -0.3 is 28.4 Å². The molecule has 282 valence electrons. The van der Waals surface area contributed by atoms with E-state index in [4.69, 9.17) is 28.4 Å². The molecule has 0 heterocycles. The average molecular weight is 707 g/mol. The Morgan fingerprint density at radius 2 is 1.04 bits per heavy atom. The first-order chi connectivity index (χ1) is 23.2. The number of carbonyl (C=O) groups is 6. The van der Waals surface area contributed by atoms with Gasteiger partial charge >= 0.3 is 35.8 Å². The van der Waals surface area contributed by atoms with Gasteiger partial charge in [-0.05, 0) is 84.1 Å². The lowest BCUT2D eigenvalue weighted by molar-refractivity contribution is -0.174. The quantitative estimate of drug-likeness (QED) is 0.0686. The van der Waals surface area contributed by atoms with E-state index in [0.29, 0.717) is 44.9 Å². The molecule has 0 amide bonds. The Hall–Kier alpha value is -3.96. The molecule has 3 atom stereocenters. The molecule has 0 saturated carbocycles. The van der Waals surface area contributed by atoms with Crippen LogP contribution in [0.1, 0.15) is 148 Å². The Kier molecular flexibility index (Phi) is 17.7. The lowest BCUT2D eigenvalue weighted by atomic mass is 9.73. The molecular weight excluding hydrogens is 648 g/mol. The first-order valence-electron chi connectivity index (χ1n) is 17.4. The molecule has 0 radical (unpaired) electrons. The van der Waals surface area contributed by atoms with Crippen LogP contribution >= 0.6 is 0 Å². The van der Waals surface area contributed by atoms with Gasteiger partial charge in [0, 0.05) is 44.9 Å². The molecule has 50 heavy (non-hydrogen) atoms. The first kappa shape index (κ1) is 44.1. The van der Waals surface area contributed by atoms with Crippen molar-refractivity contribution in [1.82, 2.24) is 0 Å². The van der Waals surface area contributed by atoms with E-state index in [0.717, 1.165) is 0 Å². The van der Waals surface area contributed by atoms with Crippen LogP contribution in [0.25, 0.3) is 0 Å². The SMILES string of the molecule is CCC(C)(CCOC(=O)CCCCC(=O)OC(C)(C)C(C)(CC)COC(=O)c1ccc(C(=O)OC(C)(CC)CCOC(C)=O)cc1)OC(C)=O. The van der Waals surface area contributed by atoms with E-state index in [1.165, 1.54) is 38.1 Å². The standard InChI is InChI=1S/C38H58O12/c1-11-36(8,35(6,7)49-32(42)17-15-14-16-31(41)46-25-23-37(9,12-2)48-28(5)40)26-47-33(43)29-18-20-30(21-19-29)34(44)50-38(10,13-3)22-24-45-27(4)39/h18-21H,11-17,22-26H2,1-10H3. The minimum Gasteiger partial charge on any atom is -0.466 e. The van der Waals surface area contributed by atoms with Gasteiger partial charge in [-0.15, -0.1) is 0 Å². The summed E-state index contributed by atoms with van der Waals surface area (Å²) in [5.74, 6) is -2.76. The number of benzene rings is 1. The molecular formula is C38H58O12. The van der Waals surface area contributed by atoms with Crippen molar-refractivity contribution in [3.63, 3.8) is 0 Å². The van der Waals surface area contributed by atoms with Crippen LogP contribution in [0.4, 0.5) is 0 Å². The van der Waals surface area contributed by atoms with Crippen LogP contribution in [0.3, 0.4) is 0 Å². The third-order valence-corrected chi connectivity index (χ3v) is 9.55. The maximum atomic E-state index is 12.9. The normalized spacial score (nSPS) is 14.9. The van der Waals surface area contributed by atoms with E-state index in [1.54, 1.807) is 27.7 Å². The number of ether oxygens (including phenoxy) is 6. The number of hydrogen-bond acceptors (Lipinski definition) is 12. The zero-order valence-corrected chi connectivity index (χ0v) is 31.7. The minimum absolute atomic E-state index is 0.0238. The molecule has 0 aliphatic heterocycles. The zero-order chi connectivity index (χ0) is 38.2. The van der Waals surface area contributed by atoms with Gasteiger partial charge in [0.25, 0.3) is 0 Å². The van der Waals surface area contributed by atoms with Crippen LogP contribution in [-0.4, -0.2) is 72.4 Å². The number of carbonyl (C=O) groups excluding carboxylic acids is 6. The highest BCUT2D eigenvalue weighted by Gasteiger charge is 2.44. The molecule has 0 spiro atoms. The topological polar surface area (TPSA) is 158 Å². The molecule has 0 N–H and O–H groups in total. The molecule has 12 heteroatoms. The van der Waals surface area contributed by atoms with Gasteiger partial charge in [0.1, 0.15) is 23.4 Å². The summed E-state index contributed by atoms with van der Waals surface area (Å²) in [6.07, 6.45) is 3.52. The van der Waals surface area contributed by atoms with Crippen molar-refractivity contribution in [3.05, 3.63) is 35.4 Å². The highest BCUT2D eigenvalue weighted by Crippen LogP contribution is 2.38. The van der Waals surface area contributed by atoms with Gasteiger partial charge in [-0.2, -0.15) is 0 Å². The van der Waals surface area contributed by atoms with E-state index < -0.39 is 46.1 Å². The van der Waals surface area contributed by atoms with Crippen LogP contribution in [0.15, 0.2) is 24.3 Å². The third-order valence-electron chi connectivity index (χ3n) is 9.55. The van der Waals surface area contributed by atoms with Gasteiger partial charge in [-0.1, -0.05) is 27.7 Å². The molecule has 0 aliphatic rings. The van der Waals surface area contributed by atoms with Crippen LogP contribution in [0, 0.1) is 5.41 Å². The van der Waals surface area contributed by atoms with Gasteiger partial charge in [-0.3, -0.25) is 19.2 Å². The Balaban J connectivity index is 2.61. The van der Waals surface area contributed by atoms with Crippen molar-refractivity contribution in [1.29, 1.82) is 0 Å². The average Bonchev–Trinajstić information content (AvgIpc) is 3.04. The number of rotatable bonds is 22. The van der Waals surface area contributed by atoms with Gasteiger partial charge in [0.2, 0.25) is 0 Å². The Labute approximate surface area is 297 Å². The van der Waals surface area contributed by atoms with Crippen LogP contribution in [0.5, 0.6) is 0 Å². The fourth-order valence-corrected chi connectivity index (χ4v) is 4.84. The van der Waals surface area contributed by atoms with Crippen LogP contribution < -0.4 is 0 Å². The largest absolute Gasteiger partial charge is 0.466 e. The van der Waals surface area contributed by atoms with Crippen molar-refractivity contribution >= 4 is 35.8 Å². The lowest BCUT2D eigenvalue weighted by Gasteiger charge is -2.42. The van der Waals surface area contributed by atoms with Crippen molar-refractivity contribution in [2.45, 2.75) is 144 Å². The Morgan fingerprint density at radius 1 is 0.560 bits per heavy atom. The molecule has 0 fully saturated rings. The summed E-state index contributed by atoms with van der Waals surface area (Å²) in [5.41, 5.74) is -2.73. The summed E-state index contributed by atoms with van der Waals surface area (Å²) in [5, 5.41) is 0. The molecule has 0 aliphatic carbocycles. The molecule has 1 rings (SSSR count). The molecule has 1 aromatic rings. The van der Waals surface area contributed by atoms with Crippen molar-refractivity contribution < 1.29 is 57.2 Å². The Morgan fingerprint density at radius 3 is 1.52 bits per heavy atom. The summed E-state index contributed by atoms with van der Waals surface area (Å²) in [6, 6.07) is 5.94. The zero-order valence-electron chi connectivity index (χ0n) is 31.7. The van der Waals surface area contributed by atoms with Crippen molar-refractivity contribution in [2.24, 2.45) is 5.41 Å². The number of hydrogen-bond donors (Lipinski definition) is 0. The second kappa shape index (κ2) is 20.0. The maximum Gasteiger partial charge on any atom is 0.338 e.